The fraction of sp³-hybridized carbons (Fsp3) is 0.438. The zero-order valence-corrected chi connectivity index (χ0v) is 14.1. The number of methoxy groups -OCH3 is 2. The third kappa shape index (κ3) is 3.34. The van der Waals surface area contributed by atoms with Crippen molar-refractivity contribution in [2.75, 3.05) is 26.1 Å². The highest BCUT2D eigenvalue weighted by atomic mass is 32.1. The Hall–Kier alpha value is -1.79. The van der Waals surface area contributed by atoms with E-state index in [4.69, 9.17) is 15.2 Å². The van der Waals surface area contributed by atoms with Crippen LogP contribution in [0.1, 0.15) is 23.5 Å². The summed E-state index contributed by atoms with van der Waals surface area (Å²) in [5.74, 6) is 0.757. The fourth-order valence-electron chi connectivity index (χ4n) is 2.07. The second kappa shape index (κ2) is 6.98. The molecule has 120 valence electrons. The van der Waals surface area contributed by atoms with Crippen LogP contribution in [-0.4, -0.2) is 32.8 Å². The quantitative estimate of drug-likeness (QED) is 0.800. The highest BCUT2D eigenvalue weighted by Gasteiger charge is 2.20. The predicted molar refractivity (Wildman–Crippen MR) is 91.0 cm³/mol. The van der Waals surface area contributed by atoms with Gasteiger partial charge in [-0.1, -0.05) is 13.8 Å². The number of fused-ring (bicyclic) bond motifs is 1. The van der Waals surface area contributed by atoms with Crippen LogP contribution in [0.15, 0.2) is 18.2 Å². The fourth-order valence-corrected chi connectivity index (χ4v) is 3.15. The number of ether oxygens (including phenoxy) is 2. The van der Waals surface area contributed by atoms with Crippen LogP contribution in [0.25, 0.3) is 10.1 Å². The van der Waals surface area contributed by atoms with Crippen molar-refractivity contribution in [3.8, 4) is 5.75 Å². The minimum Gasteiger partial charge on any atom is -0.497 e. The van der Waals surface area contributed by atoms with Crippen LogP contribution in [0.4, 0.5) is 5.69 Å². The number of rotatable bonds is 6. The maximum atomic E-state index is 12.0. The molecular formula is C16H22N2O3S. The molecule has 0 spiro atoms. The molecule has 1 aromatic carbocycles. The van der Waals surface area contributed by atoms with Gasteiger partial charge in [0.25, 0.3) is 0 Å². The lowest BCUT2D eigenvalue weighted by atomic mass is 10.1. The van der Waals surface area contributed by atoms with Crippen LogP contribution >= 0.6 is 11.3 Å². The Morgan fingerprint density at radius 1 is 1.36 bits per heavy atom. The SMILES string of the molecule is COC(=O)c1sc2ccc(OC)cc2c1NC[C@@H](N)C(C)C. The summed E-state index contributed by atoms with van der Waals surface area (Å²) in [6.07, 6.45) is 0. The molecule has 0 saturated heterocycles. The largest absolute Gasteiger partial charge is 0.497 e. The number of carbonyl (C=O) groups is 1. The van der Waals surface area contributed by atoms with Gasteiger partial charge in [-0.15, -0.1) is 11.3 Å². The minimum absolute atomic E-state index is 0.00561. The van der Waals surface area contributed by atoms with E-state index >= 15 is 0 Å². The third-order valence-electron chi connectivity index (χ3n) is 3.64. The molecule has 0 saturated carbocycles. The van der Waals surface area contributed by atoms with E-state index in [1.54, 1.807) is 7.11 Å². The van der Waals surface area contributed by atoms with Gasteiger partial charge in [-0.25, -0.2) is 4.79 Å². The Balaban J connectivity index is 2.44. The summed E-state index contributed by atoms with van der Waals surface area (Å²) in [5, 5.41) is 4.26. The van der Waals surface area contributed by atoms with Crippen molar-refractivity contribution >= 4 is 33.1 Å². The Labute approximate surface area is 134 Å². The number of hydrogen-bond donors (Lipinski definition) is 2. The molecule has 2 rings (SSSR count). The molecular weight excluding hydrogens is 300 g/mol. The maximum absolute atomic E-state index is 12.0. The monoisotopic (exact) mass is 322 g/mol. The lowest BCUT2D eigenvalue weighted by Gasteiger charge is -2.17. The second-order valence-electron chi connectivity index (χ2n) is 5.45. The van der Waals surface area contributed by atoms with Crippen molar-refractivity contribution in [2.45, 2.75) is 19.9 Å². The van der Waals surface area contributed by atoms with E-state index in [2.05, 4.69) is 19.2 Å². The minimum atomic E-state index is -0.346. The van der Waals surface area contributed by atoms with Crippen molar-refractivity contribution < 1.29 is 14.3 Å². The molecule has 2 aromatic rings. The number of esters is 1. The number of nitrogens with two attached hydrogens (primary N) is 1. The van der Waals surface area contributed by atoms with E-state index < -0.39 is 0 Å². The molecule has 5 nitrogen and oxygen atoms in total. The van der Waals surface area contributed by atoms with Crippen molar-refractivity contribution in [3.63, 3.8) is 0 Å². The summed E-state index contributed by atoms with van der Waals surface area (Å²) < 4.78 is 11.2. The summed E-state index contributed by atoms with van der Waals surface area (Å²) in [7, 11) is 3.01. The normalized spacial score (nSPS) is 12.5. The molecule has 0 fully saturated rings. The second-order valence-corrected chi connectivity index (χ2v) is 6.50. The molecule has 0 bridgehead atoms. The van der Waals surface area contributed by atoms with Gasteiger partial charge in [0.1, 0.15) is 10.6 Å². The summed E-state index contributed by atoms with van der Waals surface area (Å²) in [6, 6.07) is 5.75. The third-order valence-corrected chi connectivity index (χ3v) is 4.79. The van der Waals surface area contributed by atoms with E-state index in [1.165, 1.54) is 18.4 Å². The van der Waals surface area contributed by atoms with Gasteiger partial charge in [0.05, 0.1) is 19.9 Å². The summed E-state index contributed by atoms with van der Waals surface area (Å²) in [6.45, 7) is 4.73. The molecule has 0 unspecified atom stereocenters. The lowest BCUT2D eigenvalue weighted by Crippen LogP contribution is -2.34. The van der Waals surface area contributed by atoms with Crippen molar-refractivity contribution in [1.29, 1.82) is 0 Å². The van der Waals surface area contributed by atoms with Gasteiger partial charge < -0.3 is 20.5 Å². The van der Waals surface area contributed by atoms with E-state index in [0.29, 0.717) is 17.3 Å². The molecule has 3 N–H and O–H groups in total. The van der Waals surface area contributed by atoms with Crippen LogP contribution in [0, 0.1) is 5.92 Å². The maximum Gasteiger partial charge on any atom is 0.350 e. The predicted octanol–water partition coefficient (Wildman–Crippen LogP) is 3.09. The molecule has 1 heterocycles. The Morgan fingerprint density at radius 3 is 2.68 bits per heavy atom. The van der Waals surface area contributed by atoms with E-state index in [0.717, 1.165) is 21.5 Å². The molecule has 0 radical (unpaired) electrons. The average Bonchev–Trinajstić information content (AvgIpc) is 2.89. The number of benzene rings is 1. The van der Waals surface area contributed by atoms with Gasteiger partial charge in [0.15, 0.2) is 0 Å². The van der Waals surface area contributed by atoms with Gasteiger partial charge in [-0.3, -0.25) is 0 Å². The van der Waals surface area contributed by atoms with Crippen LogP contribution in [0.5, 0.6) is 5.75 Å². The lowest BCUT2D eigenvalue weighted by molar-refractivity contribution is 0.0607. The molecule has 6 heteroatoms. The molecule has 0 amide bonds. The van der Waals surface area contributed by atoms with Gasteiger partial charge in [0, 0.05) is 22.7 Å². The standard InChI is InChI=1S/C16H22N2O3S/c1-9(2)12(17)8-18-14-11-7-10(20-3)5-6-13(11)22-15(14)16(19)21-4/h5-7,9,12,18H,8,17H2,1-4H3/t12-/m1/s1. The highest BCUT2D eigenvalue weighted by Crippen LogP contribution is 2.38. The van der Waals surface area contributed by atoms with Crippen LogP contribution in [0.2, 0.25) is 0 Å². The number of hydrogen-bond acceptors (Lipinski definition) is 6. The van der Waals surface area contributed by atoms with Crippen LogP contribution in [0.3, 0.4) is 0 Å². The first-order valence-electron chi connectivity index (χ1n) is 7.16. The number of thiophene rings is 1. The summed E-state index contributed by atoms with van der Waals surface area (Å²) in [4.78, 5) is 12.6. The number of nitrogens with one attached hydrogen (secondary N) is 1. The molecule has 0 aliphatic heterocycles. The summed E-state index contributed by atoms with van der Waals surface area (Å²) in [5.41, 5.74) is 6.86. The number of carbonyl (C=O) groups excluding carboxylic acids is 1. The topological polar surface area (TPSA) is 73.6 Å². The molecule has 22 heavy (non-hydrogen) atoms. The first-order chi connectivity index (χ1) is 10.5. The van der Waals surface area contributed by atoms with Crippen LogP contribution < -0.4 is 15.8 Å². The van der Waals surface area contributed by atoms with Crippen LogP contribution in [-0.2, 0) is 4.74 Å². The Kier molecular flexibility index (Phi) is 5.26. The molecule has 0 aliphatic rings. The first kappa shape index (κ1) is 16.6. The molecule has 1 aromatic heterocycles. The first-order valence-corrected chi connectivity index (χ1v) is 7.97. The van der Waals surface area contributed by atoms with E-state index in [1.807, 2.05) is 18.2 Å². The zero-order valence-electron chi connectivity index (χ0n) is 13.3. The van der Waals surface area contributed by atoms with Crippen molar-refractivity contribution in [3.05, 3.63) is 23.1 Å². The van der Waals surface area contributed by atoms with Gasteiger partial charge >= 0.3 is 5.97 Å². The van der Waals surface area contributed by atoms with Gasteiger partial charge in [-0.2, -0.15) is 0 Å². The highest BCUT2D eigenvalue weighted by molar-refractivity contribution is 7.21. The number of anilines is 1. The van der Waals surface area contributed by atoms with E-state index in [9.17, 15) is 4.79 Å². The Bertz CT molecular complexity index is 667. The van der Waals surface area contributed by atoms with Gasteiger partial charge in [0.2, 0.25) is 0 Å². The molecule has 0 aliphatic carbocycles. The van der Waals surface area contributed by atoms with Gasteiger partial charge in [-0.05, 0) is 24.1 Å². The summed E-state index contributed by atoms with van der Waals surface area (Å²) >= 11 is 1.40. The van der Waals surface area contributed by atoms with Crippen molar-refractivity contribution in [1.82, 2.24) is 0 Å². The Morgan fingerprint density at radius 2 is 2.09 bits per heavy atom. The smallest absolute Gasteiger partial charge is 0.350 e. The van der Waals surface area contributed by atoms with Crippen molar-refractivity contribution in [2.24, 2.45) is 11.7 Å². The average molecular weight is 322 g/mol. The zero-order chi connectivity index (χ0) is 16.3. The van der Waals surface area contributed by atoms with E-state index in [-0.39, 0.29) is 12.0 Å². The molecule has 1 atom stereocenters.